The van der Waals surface area contributed by atoms with E-state index in [2.05, 4.69) is 40.2 Å². The highest BCUT2D eigenvalue weighted by Crippen LogP contribution is 2.29. The van der Waals surface area contributed by atoms with Gasteiger partial charge in [0.1, 0.15) is 11.9 Å². The Hall–Kier alpha value is -1.65. The Kier molecular flexibility index (Phi) is 5.47. The SMILES string of the molecule is Cn1ccnc1[C@H](O)C1CCN(CCCc2ccccc2)CC1. The van der Waals surface area contributed by atoms with E-state index >= 15 is 0 Å². The minimum absolute atomic E-state index is 0.335. The summed E-state index contributed by atoms with van der Waals surface area (Å²) in [6, 6.07) is 10.7. The van der Waals surface area contributed by atoms with E-state index in [4.69, 9.17) is 0 Å². The number of aromatic nitrogens is 2. The van der Waals surface area contributed by atoms with Gasteiger partial charge in [-0.15, -0.1) is 0 Å². The van der Waals surface area contributed by atoms with Crippen LogP contribution in [0.25, 0.3) is 0 Å². The number of hydrogen-bond donors (Lipinski definition) is 1. The van der Waals surface area contributed by atoms with E-state index in [-0.39, 0.29) is 0 Å². The third kappa shape index (κ3) is 4.21. The zero-order valence-electron chi connectivity index (χ0n) is 13.9. The molecule has 0 aliphatic carbocycles. The second-order valence-corrected chi connectivity index (χ2v) is 6.61. The lowest BCUT2D eigenvalue weighted by Gasteiger charge is -2.34. The largest absolute Gasteiger partial charge is 0.385 e. The second-order valence-electron chi connectivity index (χ2n) is 6.61. The summed E-state index contributed by atoms with van der Waals surface area (Å²) in [5.41, 5.74) is 1.42. The molecule has 1 atom stereocenters. The van der Waals surface area contributed by atoms with Crippen LogP contribution in [0.5, 0.6) is 0 Å². The summed E-state index contributed by atoms with van der Waals surface area (Å²) in [6.45, 7) is 3.32. The molecule has 23 heavy (non-hydrogen) atoms. The van der Waals surface area contributed by atoms with Gasteiger partial charge < -0.3 is 14.6 Å². The maximum absolute atomic E-state index is 10.5. The van der Waals surface area contributed by atoms with Crippen molar-refractivity contribution in [3.63, 3.8) is 0 Å². The number of aryl methyl sites for hydroxylation is 2. The first kappa shape index (κ1) is 16.2. The fourth-order valence-electron chi connectivity index (χ4n) is 3.52. The van der Waals surface area contributed by atoms with E-state index < -0.39 is 6.10 Å². The average molecular weight is 313 g/mol. The zero-order chi connectivity index (χ0) is 16.1. The van der Waals surface area contributed by atoms with Gasteiger partial charge in [0.25, 0.3) is 0 Å². The van der Waals surface area contributed by atoms with E-state index in [9.17, 15) is 5.11 Å². The van der Waals surface area contributed by atoms with Gasteiger partial charge in [-0.25, -0.2) is 4.98 Å². The van der Waals surface area contributed by atoms with Crippen LogP contribution in [0.4, 0.5) is 0 Å². The first-order valence-electron chi connectivity index (χ1n) is 8.65. The Morgan fingerprint density at radius 1 is 1.22 bits per heavy atom. The molecule has 4 heteroatoms. The molecule has 1 saturated heterocycles. The van der Waals surface area contributed by atoms with Gasteiger partial charge in [-0.05, 0) is 56.8 Å². The standard InChI is InChI=1S/C19H27N3O/c1-21-15-11-20-19(21)18(23)17-9-13-22(14-10-17)12-5-8-16-6-3-2-4-7-16/h2-4,6-7,11,15,17-18,23H,5,8-10,12-14H2,1H3/t18-/m1/s1. The monoisotopic (exact) mass is 313 g/mol. The molecule has 0 unspecified atom stereocenters. The molecule has 0 amide bonds. The zero-order valence-corrected chi connectivity index (χ0v) is 13.9. The third-order valence-corrected chi connectivity index (χ3v) is 4.98. The summed E-state index contributed by atoms with van der Waals surface area (Å²) in [6.07, 6.45) is 7.70. The van der Waals surface area contributed by atoms with Crippen LogP contribution in [0.2, 0.25) is 0 Å². The predicted molar refractivity (Wildman–Crippen MR) is 92.1 cm³/mol. The summed E-state index contributed by atoms with van der Waals surface area (Å²) >= 11 is 0. The maximum Gasteiger partial charge on any atom is 0.137 e. The van der Waals surface area contributed by atoms with E-state index in [1.807, 2.05) is 17.8 Å². The smallest absolute Gasteiger partial charge is 0.137 e. The molecule has 1 N–H and O–H groups in total. The molecule has 4 nitrogen and oxygen atoms in total. The van der Waals surface area contributed by atoms with Crippen LogP contribution in [0, 0.1) is 5.92 Å². The van der Waals surface area contributed by atoms with Crippen molar-refractivity contribution in [2.45, 2.75) is 31.8 Å². The van der Waals surface area contributed by atoms with Crippen molar-refractivity contribution in [2.75, 3.05) is 19.6 Å². The van der Waals surface area contributed by atoms with Gasteiger partial charge in [0.15, 0.2) is 0 Å². The molecule has 1 aromatic heterocycles. The molecular formula is C19H27N3O. The number of hydrogen-bond acceptors (Lipinski definition) is 3. The van der Waals surface area contributed by atoms with Gasteiger partial charge in [0.05, 0.1) is 0 Å². The molecule has 1 fully saturated rings. The number of imidazole rings is 1. The van der Waals surface area contributed by atoms with Crippen molar-refractivity contribution in [3.8, 4) is 0 Å². The highest BCUT2D eigenvalue weighted by molar-refractivity contribution is 5.14. The van der Waals surface area contributed by atoms with Gasteiger partial charge in [0.2, 0.25) is 0 Å². The van der Waals surface area contributed by atoms with Gasteiger partial charge in [-0.2, -0.15) is 0 Å². The van der Waals surface area contributed by atoms with Crippen molar-refractivity contribution in [1.82, 2.24) is 14.5 Å². The van der Waals surface area contributed by atoms with Crippen LogP contribution in [0.3, 0.4) is 0 Å². The molecule has 1 aromatic carbocycles. The van der Waals surface area contributed by atoms with Crippen molar-refractivity contribution in [1.29, 1.82) is 0 Å². The minimum Gasteiger partial charge on any atom is -0.385 e. The molecule has 0 radical (unpaired) electrons. The number of nitrogens with zero attached hydrogens (tertiary/aromatic N) is 3. The van der Waals surface area contributed by atoms with Gasteiger partial charge >= 0.3 is 0 Å². The van der Waals surface area contributed by atoms with E-state index in [1.165, 1.54) is 12.0 Å². The van der Waals surface area contributed by atoms with Crippen molar-refractivity contribution >= 4 is 0 Å². The lowest BCUT2D eigenvalue weighted by molar-refractivity contribution is 0.0509. The quantitative estimate of drug-likeness (QED) is 0.891. The molecule has 0 bridgehead atoms. The highest BCUT2D eigenvalue weighted by atomic mass is 16.3. The van der Waals surface area contributed by atoms with Crippen molar-refractivity contribution in [3.05, 3.63) is 54.1 Å². The molecule has 1 aliphatic heterocycles. The Morgan fingerprint density at radius 3 is 2.61 bits per heavy atom. The van der Waals surface area contributed by atoms with Crippen molar-refractivity contribution in [2.24, 2.45) is 13.0 Å². The summed E-state index contributed by atoms with van der Waals surface area (Å²) in [7, 11) is 1.95. The van der Waals surface area contributed by atoms with Gasteiger partial charge in [-0.3, -0.25) is 0 Å². The van der Waals surface area contributed by atoms with Crippen LogP contribution in [0.1, 0.15) is 36.8 Å². The summed E-state index contributed by atoms with van der Waals surface area (Å²) in [4.78, 5) is 6.82. The molecule has 1 aliphatic rings. The number of piperidine rings is 1. The van der Waals surface area contributed by atoms with Crippen LogP contribution in [-0.2, 0) is 13.5 Å². The van der Waals surface area contributed by atoms with Crippen LogP contribution < -0.4 is 0 Å². The second kappa shape index (κ2) is 7.75. The topological polar surface area (TPSA) is 41.3 Å². The molecule has 0 spiro atoms. The molecule has 3 rings (SSSR count). The first-order valence-corrected chi connectivity index (χ1v) is 8.65. The number of likely N-dealkylation sites (tertiary alicyclic amines) is 1. The maximum atomic E-state index is 10.5. The van der Waals surface area contributed by atoms with Crippen LogP contribution in [-0.4, -0.2) is 39.2 Å². The number of aliphatic hydroxyl groups is 1. The van der Waals surface area contributed by atoms with E-state index in [1.54, 1.807) is 6.20 Å². The lowest BCUT2D eigenvalue weighted by atomic mass is 9.90. The lowest BCUT2D eigenvalue weighted by Crippen LogP contribution is -2.36. The molecule has 2 heterocycles. The molecule has 124 valence electrons. The minimum atomic E-state index is -0.429. The third-order valence-electron chi connectivity index (χ3n) is 4.98. The summed E-state index contributed by atoms with van der Waals surface area (Å²) in [5.74, 6) is 1.13. The van der Waals surface area contributed by atoms with Crippen LogP contribution in [0.15, 0.2) is 42.7 Å². The van der Waals surface area contributed by atoms with E-state index in [0.717, 1.165) is 44.7 Å². The average Bonchev–Trinajstić information content (AvgIpc) is 3.02. The fraction of sp³-hybridized carbons (Fsp3) is 0.526. The van der Waals surface area contributed by atoms with Crippen LogP contribution >= 0.6 is 0 Å². The Labute approximate surface area is 138 Å². The Morgan fingerprint density at radius 2 is 1.96 bits per heavy atom. The Balaban J connectivity index is 1.41. The van der Waals surface area contributed by atoms with Gasteiger partial charge in [-0.1, -0.05) is 30.3 Å². The fourth-order valence-corrected chi connectivity index (χ4v) is 3.52. The van der Waals surface area contributed by atoms with E-state index in [0.29, 0.717) is 5.92 Å². The molecular weight excluding hydrogens is 286 g/mol. The Bertz CT molecular complexity index is 588. The molecule has 2 aromatic rings. The normalized spacial score (nSPS) is 18.2. The molecule has 0 saturated carbocycles. The summed E-state index contributed by atoms with van der Waals surface area (Å²) in [5, 5.41) is 10.5. The van der Waals surface area contributed by atoms with Crippen molar-refractivity contribution < 1.29 is 5.11 Å². The summed E-state index contributed by atoms with van der Waals surface area (Å²) < 4.78 is 1.93. The number of rotatable bonds is 6. The highest BCUT2D eigenvalue weighted by Gasteiger charge is 2.28. The first-order chi connectivity index (χ1) is 11.2. The number of benzene rings is 1. The predicted octanol–water partition coefficient (Wildman–Crippen LogP) is 2.80. The number of aliphatic hydroxyl groups excluding tert-OH is 1. The van der Waals surface area contributed by atoms with Gasteiger partial charge in [0, 0.05) is 19.4 Å².